The highest BCUT2D eigenvalue weighted by atomic mass is 32.2. The lowest BCUT2D eigenvalue weighted by Gasteiger charge is -2.10. The molecule has 0 N–H and O–H groups in total. The Balaban J connectivity index is 2.34. The zero-order valence-electron chi connectivity index (χ0n) is 12.4. The molecule has 0 spiro atoms. The summed E-state index contributed by atoms with van der Waals surface area (Å²) in [5.74, 6) is -1.30. The van der Waals surface area contributed by atoms with Gasteiger partial charge in [0.05, 0.1) is 18.1 Å². The molecule has 0 aliphatic rings. The molecule has 1 heterocycles. The molecule has 0 radical (unpaired) electrons. The minimum Gasteiger partial charge on any atom is -0.465 e. The van der Waals surface area contributed by atoms with Gasteiger partial charge in [-0.05, 0) is 37.3 Å². The fourth-order valence-electron chi connectivity index (χ4n) is 1.73. The maximum atomic E-state index is 13.0. The summed E-state index contributed by atoms with van der Waals surface area (Å²) < 4.78 is 56.7. The SMILES string of the molecule is CCOC(=O)CSc1nc(-c2ccc(F)cc2)cc(C(F)(F)F)n1. The van der Waals surface area contributed by atoms with Crippen molar-refractivity contribution in [3.05, 3.63) is 41.8 Å². The first kappa shape index (κ1) is 18.2. The summed E-state index contributed by atoms with van der Waals surface area (Å²) in [7, 11) is 0. The number of thioether (sulfide) groups is 1. The monoisotopic (exact) mass is 360 g/mol. The molecule has 2 aromatic rings. The Kier molecular flexibility index (Phi) is 5.76. The highest BCUT2D eigenvalue weighted by molar-refractivity contribution is 7.99. The average Bonchev–Trinajstić information content (AvgIpc) is 2.53. The van der Waals surface area contributed by atoms with Crippen molar-refractivity contribution in [3.63, 3.8) is 0 Å². The van der Waals surface area contributed by atoms with Gasteiger partial charge in [0.15, 0.2) is 5.16 Å². The van der Waals surface area contributed by atoms with Gasteiger partial charge in [-0.3, -0.25) is 4.79 Å². The summed E-state index contributed by atoms with van der Waals surface area (Å²) in [4.78, 5) is 18.8. The van der Waals surface area contributed by atoms with E-state index < -0.39 is 23.7 Å². The number of carbonyl (C=O) groups is 1. The molecule has 0 saturated carbocycles. The van der Waals surface area contributed by atoms with Crippen molar-refractivity contribution in [2.75, 3.05) is 12.4 Å². The molecule has 0 atom stereocenters. The summed E-state index contributed by atoms with van der Waals surface area (Å²) in [6, 6.07) is 5.66. The minimum absolute atomic E-state index is 0.0105. The van der Waals surface area contributed by atoms with Crippen LogP contribution in [-0.4, -0.2) is 28.3 Å². The van der Waals surface area contributed by atoms with Gasteiger partial charge in [0.1, 0.15) is 11.5 Å². The second-order valence-electron chi connectivity index (χ2n) is 4.52. The minimum atomic E-state index is -4.67. The van der Waals surface area contributed by atoms with Gasteiger partial charge in [-0.1, -0.05) is 11.8 Å². The maximum Gasteiger partial charge on any atom is 0.433 e. The second kappa shape index (κ2) is 7.61. The van der Waals surface area contributed by atoms with Crippen LogP contribution in [0.3, 0.4) is 0 Å². The van der Waals surface area contributed by atoms with Crippen molar-refractivity contribution in [3.8, 4) is 11.3 Å². The molecule has 4 nitrogen and oxygen atoms in total. The quantitative estimate of drug-likeness (QED) is 0.350. The summed E-state index contributed by atoms with van der Waals surface area (Å²) in [6.07, 6.45) is -4.67. The number of benzene rings is 1. The predicted octanol–water partition coefficient (Wildman–Crippen LogP) is 3.96. The van der Waals surface area contributed by atoms with E-state index in [4.69, 9.17) is 4.74 Å². The number of hydrogen-bond acceptors (Lipinski definition) is 5. The number of halogens is 4. The Morgan fingerprint density at radius 1 is 1.21 bits per heavy atom. The van der Waals surface area contributed by atoms with Crippen LogP contribution in [-0.2, 0) is 15.7 Å². The normalized spacial score (nSPS) is 11.4. The van der Waals surface area contributed by atoms with E-state index in [1.54, 1.807) is 6.92 Å². The Hall–Kier alpha value is -2.16. The van der Waals surface area contributed by atoms with Crippen LogP contribution < -0.4 is 0 Å². The molecule has 0 bridgehead atoms. The molecule has 0 amide bonds. The van der Waals surface area contributed by atoms with Gasteiger partial charge in [0.25, 0.3) is 0 Å². The zero-order valence-corrected chi connectivity index (χ0v) is 13.2. The van der Waals surface area contributed by atoms with Gasteiger partial charge in [0.2, 0.25) is 0 Å². The molecule has 0 unspecified atom stereocenters. The van der Waals surface area contributed by atoms with Crippen LogP contribution in [0.5, 0.6) is 0 Å². The van der Waals surface area contributed by atoms with Crippen molar-refractivity contribution in [2.24, 2.45) is 0 Å². The van der Waals surface area contributed by atoms with Crippen molar-refractivity contribution in [1.82, 2.24) is 9.97 Å². The first-order valence-corrected chi connectivity index (χ1v) is 7.79. The van der Waals surface area contributed by atoms with Crippen LogP contribution in [0.1, 0.15) is 12.6 Å². The van der Waals surface area contributed by atoms with E-state index in [2.05, 4.69) is 9.97 Å². The van der Waals surface area contributed by atoms with Crippen molar-refractivity contribution >= 4 is 17.7 Å². The van der Waals surface area contributed by atoms with Gasteiger partial charge in [-0.25, -0.2) is 14.4 Å². The van der Waals surface area contributed by atoms with E-state index in [1.165, 1.54) is 12.1 Å². The van der Waals surface area contributed by atoms with Crippen LogP contribution in [0.25, 0.3) is 11.3 Å². The first-order valence-electron chi connectivity index (χ1n) is 6.80. The summed E-state index contributed by atoms with van der Waals surface area (Å²) in [5, 5.41) is -0.211. The number of alkyl halides is 3. The molecule has 24 heavy (non-hydrogen) atoms. The van der Waals surface area contributed by atoms with Crippen LogP contribution in [0.15, 0.2) is 35.5 Å². The third-order valence-corrected chi connectivity index (χ3v) is 3.58. The van der Waals surface area contributed by atoms with Crippen molar-refractivity contribution < 1.29 is 27.1 Å². The molecule has 1 aromatic heterocycles. The number of ether oxygens (including phenoxy) is 1. The molecule has 0 saturated heterocycles. The fraction of sp³-hybridized carbons (Fsp3) is 0.267. The highest BCUT2D eigenvalue weighted by Gasteiger charge is 2.34. The Labute approximate surface area is 139 Å². The van der Waals surface area contributed by atoms with Crippen LogP contribution >= 0.6 is 11.8 Å². The largest absolute Gasteiger partial charge is 0.465 e. The summed E-state index contributed by atoms with van der Waals surface area (Å²) in [6.45, 7) is 1.79. The molecular weight excluding hydrogens is 348 g/mol. The van der Waals surface area contributed by atoms with Gasteiger partial charge < -0.3 is 4.74 Å². The van der Waals surface area contributed by atoms with E-state index in [0.717, 1.165) is 30.0 Å². The molecular formula is C15H12F4N2O2S. The topological polar surface area (TPSA) is 52.1 Å². The van der Waals surface area contributed by atoms with E-state index in [-0.39, 0.29) is 23.2 Å². The first-order chi connectivity index (χ1) is 11.3. The van der Waals surface area contributed by atoms with Gasteiger partial charge >= 0.3 is 12.1 Å². The van der Waals surface area contributed by atoms with Crippen LogP contribution in [0.4, 0.5) is 17.6 Å². The molecule has 2 rings (SSSR count). The number of esters is 1. The van der Waals surface area contributed by atoms with Crippen LogP contribution in [0, 0.1) is 5.82 Å². The molecule has 0 aliphatic carbocycles. The lowest BCUT2D eigenvalue weighted by atomic mass is 10.1. The highest BCUT2D eigenvalue weighted by Crippen LogP contribution is 2.32. The zero-order chi connectivity index (χ0) is 17.7. The average molecular weight is 360 g/mol. The van der Waals surface area contributed by atoms with E-state index in [1.807, 2.05) is 0 Å². The molecule has 128 valence electrons. The Bertz CT molecular complexity index is 720. The molecule has 0 aliphatic heterocycles. The number of carbonyl (C=O) groups excluding carboxylic acids is 1. The van der Waals surface area contributed by atoms with Crippen molar-refractivity contribution in [2.45, 2.75) is 18.3 Å². The fourth-order valence-corrected chi connectivity index (χ4v) is 2.39. The molecule has 0 fully saturated rings. The van der Waals surface area contributed by atoms with Crippen LogP contribution in [0.2, 0.25) is 0 Å². The standard InChI is InChI=1S/C15H12F4N2O2S/c1-2-23-13(22)8-24-14-20-11(7-12(21-14)15(17,18)19)9-3-5-10(16)6-4-9/h3-7H,2,8H2,1H3. The second-order valence-corrected chi connectivity index (χ2v) is 5.46. The maximum absolute atomic E-state index is 13.0. The number of hydrogen-bond donors (Lipinski definition) is 0. The predicted molar refractivity (Wildman–Crippen MR) is 79.8 cm³/mol. The van der Waals surface area contributed by atoms with E-state index in [9.17, 15) is 22.4 Å². The summed E-state index contributed by atoms with van der Waals surface area (Å²) >= 11 is 0.740. The summed E-state index contributed by atoms with van der Waals surface area (Å²) in [5.41, 5.74) is -0.839. The van der Waals surface area contributed by atoms with E-state index >= 15 is 0 Å². The Morgan fingerprint density at radius 2 is 1.88 bits per heavy atom. The lowest BCUT2D eigenvalue weighted by Crippen LogP contribution is -2.11. The number of nitrogens with zero attached hydrogens (tertiary/aromatic N) is 2. The third kappa shape index (κ3) is 4.92. The lowest BCUT2D eigenvalue weighted by molar-refractivity contribution is -0.141. The van der Waals surface area contributed by atoms with Gasteiger partial charge in [-0.2, -0.15) is 13.2 Å². The van der Waals surface area contributed by atoms with E-state index in [0.29, 0.717) is 5.56 Å². The van der Waals surface area contributed by atoms with Gasteiger partial charge in [-0.15, -0.1) is 0 Å². The molecule has 9 heteroatoms. The molecule has 1 aromatic carbocycles. The van der Waals surface area contributed by atoms with Crippen molar-refractivity contribution in [1.29, 1.82) is 0 Å². The smallest absolute Gasteiger partial charge is 0.433 e. The number of aromatic nitrogens is 2. The third-order valence-electron chi connectivity index (χ3n) is 2.76. The number of rotatable bonds is 5. The Morgan fingerprint density at radius 3 is 2.46 bits per heavy atom. The van der Waals surface area contributed by atoms with Gasteiger partial charge in [0, 0.05) is 5.56 Å².